The Bertz CT molecular complexity index is 586. The van der Waals surface area contributed by atoms with Crippen molar-refractivity contribution in [3.63, 3.8) is 0 Å². The van der Waals surface area contributed by atoms with Gasteiger partial charge in [-0.25, -0.2) is 4.79 Å². The van der Waals surface area contributed by atoms with Gasteiger partial charge in [0, 0.05) is 18.7 Å². The SMILES string of the molecule is CC(C)CNC(=O)[C@@H](C)OC(=O)c1ccc([N+](=O)[O-])cc1N. The number of nitrogens with zero attached hydrogens (tertiary/aromatic N) is 1. The molecule has 0 aliphatic heterocycles. The number of carbonyl (C=O) groups is 2. The number of benzene rings is 1. The van der Waals surface area contributed by atoms with Gasteiger partial charge in [0.25, 0.3) is 11.6 Å². The maximum atomic E-state index is 11.9. The Morgan fingerprint density at radius 2 is 2.00 bits per heavy atom. The topological polar surface area (TPSA) is 125 Å². The molecule has 0 aliphatic rings. The number of anilines is 1. The van der Waals surface area contributed by atoms with Crippen molar-refractivity contribution < 1.29 is 19.2 Å². The van der Waals surface area contributed by atoms with E-state index in [9.17, 15) is 19.7 Å². The lowest BCUT2D eigenvalue weighted by Gasteiger charge is -2.15. The summed E-state index contributed by atoms with van der Waals surface area (Å²) in [5.74, 6) is -0.945. The summed E-state index contributed by atoms with van der Waals surface area (Å²) in [5, 5.41) is 13.2. The van der Waals surface area contributed by atoms with Gasteiger partial charge in [-0.15, -0.1) is 0 Å². The highest BCUT2D eigenvalue weighted by Gasteiger charge is 2.21. The molecule has 0 saturated heterocycles. The summed E-state index contributed by atoms with van der Waals surface area (Å²) in [6.07, 6.45) is -0.985. The minimum Gasteiger partial charge on any atom is -0.449 e. The Kier molecular flexibility index (Phi) is 5.85. The van der Waals surface area contributed by atoms with Crippen LogP contribution in [-0.4, -0.2) is 29.4 Å². The smallest absolute Gasteiger partial charge is 0.341 e. The Morgan fingerprint density at radius 1 is 1.36 bits per heavy atom. The lowest BCUT2D eigenvalue weighted by atomic mass is 10.1. The van der Waals surface area contributed by atoms with E-state index in [1.165, 1.54) is 13.0 Å². The van der Waals surface area contributed by atoms with E-state index in [1.807, 2.05) is 13.8 Å². The zero-order valence-corrected chi connectivity index (χ0v) is 12.7. The molecule has 120 valence electrons. The molecule has 0 spiro atoms. The summed E-state index contributed by atoms with van der Waals surface area (Å²) in [5.41, 5.74) is 5.28. The van der Waals surface area contributed by atoms with Crippen molar-refractivity contribution >= 4 is 23.3 Å². The van der Waals surface area contributed by atoms with E-state index in [4.69, 9.17) is 10.5 Å². The van der Waals surface area contributed by atoms with E-state index in [1.54, 1.807) is 0 Å². The summed E-state index contributed by atoms with van der Waals surface area (Å²) in [7, 11) is 0. The number of esters is 1. The molecule has 1 amide bonds. The number of nitrogens with one attached hydrogen (secondary N) is 1. The van der Waals surface area contributed by atoms with Crippen LogP contribution in [0.5, 0.6) is 0 Å². The Balaban J connectivity index is 2.72. The molecule has 0 unspecified atom stereocenters. The van der Waals surface area contributed by atoms with E-state index in [0.29, 0.717) is 6.54 Å². The quantitative estimate of drug-likeness (QED) is 0.355. The number of nitro groups is 1. The molecule has 0 radical (unpaired) electrons. The van der Waals surface area contributed by atoms with E-state index in [2.05, 4.69) is 5.32 Å². The van der Waals surface area contributed by atoms with Crippen LogP contribution in [-0.2, 0) is 9.53 Å². The maximum Gasteiger partial charge on any atom is 0.341 e. The second kappa shape index (κ2) is 7.39. The lowest BCUT2D eigenvalue weighted by Crippen LogP contribution is -2.37. The van der Waals surface area contributed by atoms with Crippen LogP contribution in [0.4, 0.5) is 11.4 Å². The average molecular weight is 309 g/mol. The molecule has 0 fully saturated rings. The molecule has 0 aliphatic carbocycles. The van der Waals surface area contributed by atoms with E-state index >= 15 is 0 Å². The van der Waals surface area contributed by atoms with Gasteiger partial charge in [-0.05, 0) is 18.9 Å². The van der Waals surface area contributed by atoms with Gasteiger partial charge in [-0.1, -0.05) is 13.8 Å². The van der Waals surface area contributed by atoms with Crippen molar-refractivity contribution in [3.8, 4) is 0 Å². The molecular formula is C14H19N3O5. The molecule has 0 aromatic heterocycles. The van der Waals surface area contributed by atoms with Crippen LogP contribution < -0.4 is 11.1 Å². The lowest BCUT2D eigenvalue weighted by molar-refractivity contribution is -0.384. The van der Waals surface area contributed by atoms with Gasteiger partial charge in [0.05, 0.1) is 16.2 Å². The molecule has 0 saturated carbocycles. The zero-order valence-electron chi connectivity index (χ0n) is 12.7. The first-order valence-electron chi connectivity index (χ1n) is 6.75. The molecule has 1 rings (SSSR count). The van der Waals surface area contributed by atoms with Crippen molar-refractivity contribution in [3.05, 3.63) is 33.9 Å². The third-order valence-corrected chi connectivity index (χ3v) is 2.80. The van der Waals surface area contributed by atoms with Crippen molar-refractivity contribution in [1.82, 2.24) is 5.32 Å². The molecular weight excluding hydrogens is 290 g/mol. The third-order valence-electron chi connectivity index (χ3n) is 2.80. The summed E-state index contributed by atoms with van der Waals surface area (Å²) < 4.78 is 5.01. The van der Waals surface area contributed by atoms with Crippen molar-refractivity contribution in [1.29, 1.82) is 0 Å². The molecule has 1 aromatic rings. The van der Waals surface area contributed by atoms with Gasteiger partial charge in [-0.2, -0.15) is 0 Å². The second-order valence-electron chi connectivity index (χ2n) is 5.22. The Hall–Kier alpha value is -2.64. The van der Waals surface area contributed by atoms with Crippen LogP contribution in [0, 0.1) is 16.0 Å². The fourth-order valence-electron chi connectivity index (χ4n) is 1.58. The Labute approximate surface area is 127 Å². The molecule has 8 nitrogen and oxygen atoms in total. The average Bonchev–Trinajstić information content (AvgIpc) is 2.43. The van der Waals surface area contributed by atoms with Crippen LogP contribution in [0.15, 0.2) is 18.2 Å². The number of nitro benzene ring substituents is 1. The van der Waals surface area contributed by atoms with Crippen molar-refractivity contribution in [2.24, 2.45) is 5.92 Å². The van der Waals surface area contributed by atoms with Crippen LogP contribution >= 0.6 is 0 Å². The highest BCUT2D eigenvalue weighted by atomic mass is 16.6. The largest absolute Gasteiger partial charge is 0.449 e. The molecule has 3 N–H and O–H groups in total. The number of rotatable bonds is 6. The Morgan fingerprint density at radius 3 is 2.50 bits per heavy atom. The third kappa shape index (κ3) is 4.72. The fourth-order valence-corrected chi connectivity index (χ4v) is 1.58. The van der Waals surface area contributed by atoms with Crippen LogP contribution in [0.3, 0.4) is 0 Å². The number of nitrogen functional groups attached to an aromatic ring is 1. The predicted molar refractivity (Wildman–Crippen MR) is 80.2 cm³/mol. The summed E-state index contributed by atoms with van der Waals surface area (Å²) in [4.78, 5) is 33.7. The molecule has 1 aromatic carbocycles. The minimum atomic E-state index is -0.985. The number of hydrogen-bond acceptors (Lipinski definition) is 6. The molecule has 0 heterocycles. The van der Waals surface area contributed by atoms with Gasteiger partial charge >= 0.3 is 5.97 Å². The molecule has 0 bridgehead atoms. The highest BCUT2D eigenvalue weighted by molar-refractivity contribution is 5.97. The second-order valence-corrected chi connectivity index (χ2v) is 5.22. The van der Waals surface area contributed by atoms with Gasteiger partial charge in [0.1, 0.15) is 0 Å². The summed E-state index contributed by atoms with van der Waals surface area (Å²) >= 11 is 0. The normalized spacial score (nSPS) is 11.8. The van der Waals surface area contributed by atoms with Crippen LogP contribution in [0.1, 0.15) is 31.1 Å². The maximum absolute atomic E-state index is 11.9. The number of ether oxygens (including phenoxy) is 1. The summed E-state index contributed by atoms with van der Waals surface area (Å²) in [6.45, 7) is 5.79. The number of non-ortho nitro benzene ring substituents is 1. The molecule has 22 heavy (non-hydrogen) atoms. The first kappa shape index (κ1) is 17.4. The van der Waals surface area contributed by atoms with Gasteiger partial charge < -0.3 is 15.8 Å². The number of nitrogens with two attached hydrogens (primary N) is 1. The van der Waals surface area contributed by atoms with E-state index in [0.717, 1.165) is 12.1 Å². The molecule has 8 heteroatoms. The summed E-state index contributed by atoms with van der Waals surface area (Å²) in [6, 6.07) is 3.42. The van der Waals surface area contributed by atoms with Gasteiger partial charge in [-0.3, -0.25) is 14.9 Å². The first-order chi connectivity index (χ1) is 10.2. The van der Waals surface area contributed by atoms with Gasteiger partial charge in [0.15, 0.2) is 6.10 Å². The highest BCUT2D eigenvalue weighted by Crippen LogP contribution is 2.20. The minimum absolute atomic E-state index is 0.0193. The number of amides is 1. The van der Waals surface area contributed by atoms with E-state index < -0.39 is 22.9 Å². The van der Waals surface area contributed by atoms with Crippen LogP contribution in [0.25, 0.3) is 0 Å². The number of hydrogen-bond donors (Lipinski definition) is 2. The van der Waals surface area contributed by atoms with E-state index in [-0.39, 0.29) is 22.9 Å². The van der Waals surface area contributed by atoms with Gasteiger partial charge in [0.2, 0.25) is 0 Å². The monoisotopic (exact) mass is 309 g/mol. The predicted octanol–water partition coefficient (Wildman–Crippen LogP) is 1.49. The first-order valence-corrected chi connectivity index (χ1v) is 6.75. The van der Waals surface area contributed by atoms with Crippen molar-refractivity contribution in [2.45, 2.75) is 26.9 Å². The number of carbonyl (C=O) groups excluding carboxylic acids is 2. The van der Waals surface area contributed by atoms with Crippen molar-refractivity contribution in [2.75, 3.05) is 12.3 Å². The fraction of sp³-hybridized carbons (Fsp3) is 0.429. The molecule has 1 atom stereocenters. The zero-order chi connectivity index (χ0) is 16.9. The van der Waals surface area contributed by atoms with Crippen LogP contribution in [0.2, 0.25) is 0 Å². The standard InChI is InChI=1S/C14H19N3O5/c1-8(2)7-16-13(18)9(3)22-14(19)11-5-4-10(17(20)21)6-12(11)15/h4-6,8-9H,7,15H2,1-3H3,(H,16,18)/t9-/m1/s1.